The third-order valence-electron chi connectivity index (χ3n) is 2.94. The predicted octanol–water partition coefficient (Wildman–Crippen LogP) is 2.49. The number of fused-ring (bicyclic) bond motifs is 3. The van der Waals surface area contributed by atoms with Crippen LogP contribution in [0.15, 0.2) is 36.5 Å². The van der Waals surface area contributed by atoms with Crippen LogP contribution in [0.25, 0.3) is 21.8 Å². The third-order valence-corrected chi connectivity index (χ3v) is 2.94. The molecule has 2 aromatic heterocycles. The fourth-order valence-electron chi connectivity index (χ4n) is 2.05. The molecule has 2 heterocycles. The summed E-state index contributed by atoms with van der Waals surface area (Å²) in [7, 11) is 0. The average Bonchev–Trinajstić information content (AvgIpc) is 2.75. The zero-order valence-corrected chi connectivity index (χ0v) is 9.73. The maximum Gasteiger partial charge on any atom is 0.246 e. The molecule has 3 aromatic rings. The topological polar surface area (TPSA) is 62.8 Å². The van der Waals surface area contributed by atoms with Crippen LogP contribution in [0.5, 0.6) is 0 Å². The summed E-state index contributed by atoms with van der Waals surface area (Å²) >= 11 is 0. The largest absolute Gasteiger partial charge is 0.353 e. The number of nitrogens with one attached hydrogen (secondary N) is 1. The SMILES string of the molecule is CC(=O)C(=O)c1cc2c(cn1)[nH]c1ccccc12. The number of hydrogen-bond acceptors (Lipinski definition) is 3. The number of hydrogen-bond donors (Lipinski definition) is 1. The van der Waals surface area contributed by atoms with Gasteiger partial charge in [0.2, 0.25) is 11.6 Å². The Morgan fingerprint density at radius 3 is 2.67 bits per heavy atom. The lowest BCUT2D eigenvalue weighted by Crippen LogP contribution is -2.11. The van der Waals surface area contributed by atoms with E-state index >= 15 is 0 Å². The van der Waals surface area contributed by atoms with Gasteiger partial charge in [0, 0.05) is 23.2 Å². The van der Waals surface area contributed by atoms with E-state index in [4.69, 9.17) is 0 Å². The summed E-state index contributed by atoms with van der Waals surface area (Å²) in [5.41, 5.74) is 2.04. The van der Waals surface area contributed by atoms with E-state index < -0.39 is 11.6 Å². The maximum atomic E-state index is 11.6. The van der Waals surface area contributed by atoms with Gasteiger partial charge in [-0.05, 0) is 12.1 Å². The molecule has 88 valence electrons. The molecule has 1 N–H and O–H groups in total. The number of aromatic amines is 1. The molecule has 0 saturated carbocycles. The van der Waals surface area contributed by atoms with Crippen molar-refractivity contribution in [3.8, 4) is 0 Å². The molecule has 4 nitrogen and oxygen atoms in total. The van der Waals surface area contributed by atoms with Crippen molar-refractivity contribution in [3.05, 3.63) is 42.2 Å². The van der Waals surface area contributed by atoms with Crippen molar-refractivity contribution in [1.29, 1.82) is 0 Å². The molecule has 0 fully saturated rings. The summed E-state index contributed by atoms with van der Waals surface area (Å²) in [6, 6.07) is 9.46. The molecule has 0 radical (unpaired) electrons. The smallest absolute Gasteiger partial charge is 0.246 e. The number of pyridine rings is 1. The van der Waals surface area contributed by atoms with E-state index in [0.717, 1.165) is 21.8 Å². The Hall–Kier alpha value is -2.49. The van der Waals surface area contributed by atoms with Crippen molar-refractivity contribution < 1.29 is 9.59 Å². The van der Waals surface area contributed by atoms with E-state index in [-0.39, 0.29) is 5.69 Å². The van der Waals surface area contributed by atoms with Crippen molar-refractivity contribution in [1.82, 2.24) is 9.97 Å². The Labute approximate surface area is 103 Å². The minimum Gasteiger partial charge on any atom is -0.353 e. The standard InChI is InChI=1S/C14H10N2O2/c1-8(17)14(18)12-6-10-9-4-2-3-5-11(9)16-13(10)7-15-12/h2-7,16H,1H3. The lowest BCUT2D eigenvalue weighted by molar-refractivity contribution is -0.113. The molecule has 0 spiro atoms. The fourth-order valence-corrected chi connectivity index (χ4v) is 2.05. The number of para-hydroxylation sites is 1. The van der Waals surface area contributed by atoms with Gasteiger partial charge in [-0.2, -0.15) is 0 Å². The first-order chi connectivity index (χ1) is 8.66. The minimum absolute atomic E-state index is 0.194. The first kappa shape index (κ1) is 10.7. The monoisotopic (exact) mass is 238 g/mol. The lowest BCUT2D eigenvalue weighted by atomic mass is 10.1. The summed E-state index contributed by atoms with van der Waals surface area (Å²) in [4.78, 5) is 29.9. The second kappa shape index (κ2) is 3.77. The number of ketones is 2. The number of Topliss-reactive ketones (excluding diaryl/α,β-unsaturated/α-hetero) is 2. The highest BCUT2D eigenvalue weighted by Crippen LogP contribution is 2.25. The number of rotatable bonds is 2. The molecule has 0 atom stereocenters. The van der Waals surface area contributed by atoms with E-state index in [1.807, 2.05) is 24.3 Å². The van der Waals surface area contributed by atoms with Crippen LogP contribution in [0.3, 0.4) is 0 Å². The molecule has 0 amide bonds. The second-order valence-electron chi connectivity index (χ2n) is 4.17. The highest BCUT2D eigenvalue weighted by molar-refractivity contribution is 6.42. The number of aromatic nitrogens is 2. The molecule has 0 saturated heterocycles. The first-order valence-electron chi connectivity index (χ1n) is 5.58. The third kappa shape index (κ3) is 1.50. The summed E-state index contributed by atoms with van der Waals surface area (Å²) in [5, 5.41) is 1.93. The molecule has 1 aromatic carbocycles. The first-order valence-corrected chi connectivity index (χ1v) is 5.58. The molecular formula is C14H10N2O2. The van der Waals surface area contributed by atoms with Crippen molar-refractivity contribution in [3.63, 3.8) is 0 Å². The lowest BCUT2D eigenvalue weighted by Gasteiger charge is -1.96. The zero-order chi connectivity index (χ0) is 12.7. The number of H-pyrrole nitrogens is 1. The van der Waals surface area contributed by atoms with Crippen molar-refractivity contribution >= 4 is 33.4 Å². The Balaban J connectivity index is 2.31. The summed E-state index contributed by atoms with van der Waals surface area (Å²) in [6.45, 7) is 1.25. The van der Waals surface area contributed by atoms with E-state index in [9.17, 15) is 9.59 Å². The van der Waals surface area contributed by atoms with Crippen LogP contribution in [-0.4, -0.2) is 21.5 Å². The van der Waals surface area contributed by atoms with Crippen LogP contribution < -0.4 is 0 Å². The molecule has 0 aliphatic carbocycles. The van der Waals surface area contributed by atoms with Crippen molar-refractivity contribution in [2.75, 3.05) is 0 Å². The van der Waals surface area contributed by atoms with Crippen molar-refractivity contribution in [2.45, 2.75) is 6.92 Å². The van der Waals surface area contributed by atoms with Gasteiger partial charge in [-0.25, -0.2) is 0 Å². The normalized spacial score (nSPS) is 10.9. The Kier molecular flexibility index (Phi) is 2.23. The number of nitrogens with zero attached hydrogens (tertiary/aromatic N) is 1. The second-order valence-corrected chi connectivity index (χ2v) is 4.17. The molecule has 18 heavy (non-hydrogen) atoms. The van der Waals surface area contributed by atoms with Crippen LogP contribution in [-0.2, 0) is 4.79 Å². The highest BCUT2D eigenvalue weighted by atomic mass is 16.2. The molecule has 0 aliphatic rings. The summed E-state index contributed by atoms with van der Waals surface area (Å²) in [5.74, 6) is -1.05. The van der Waals surface area contributed by atoms with E-state index in [1.165, 1.54) is 6.92 Å². The van der Waals surface area contributed by atoms with Gasteiger partial charge < -0.3 is 4.98 Å². The van der Waals surface area contributed by atoms with Gasteiger partial charge in [0.15, 0.2) is 0 Å². The Morgan fingerprint density at radius 2 is 1.89 bits per heavy atom. The van der Waals surface area contributed by atoms with Gasteiger partial charge in [0.25, 0.3) is 0 Å². The molecule has 0 aliphatic heterocycles. The van der Waals surface area contributed by atoms with Crippen LogP contribution in [0.4, 0.5) is 0 Å². The van der Waals surface area contributed by atoms with Crippen LogP contribution >= 0.6 is 0 Å². The van der Waals surface area contributed by atoms with Crippen LogP contribution in [0.2, 0.25) is 0 Å². The zero-order valence-electron chi connectivity index (χ0n) is 9.73. The summed E-state index contributed by atoms with van der Waals surface area (Å²) in [6.07, 6.45) is 1.59. The van der Waals surface area contributed by atoms with Crippen LogP contribution in [0.1, 0.15) is 17.4 Å². The fraction of sp³-hybridized carbons (Fsp3) is 0.0714. The van der Waals surface area contributed by atoms with Gasteiger partial charge >= 0.3 is 0 Å². The molecule has 0 bridgehead atoms. The maximum absolute atomic E-state index is 11.6. The van der Waals surface area contributed by atoms with Gasteiger partial charge in [-0.15, -0.1) is 0 Å². The number of benzene rings is 1. The number of carbonyl (C=O) groups excluding carboxylic acids is 2. The van der Waals surface area contributed by atoms with E-state index in [1.54, 1.807) is 12.3 Å². The molecular weight excluding hydrogens is 228 g/mol. The highest BCUT2D eigenvalue weighted by Gasteiger charge is 2.14. The molecule has 3 rings (SSSR count). The minimum atomic E-state index is -0.554. The van der Waals surface area contributed by atoms with Gasteiger partial charge in [0.05, 0.1) is 11.7 Å². The van der Waals surface area contributed by atoms with Gasteiger partial charge in [-0.1, -0.05) is 18.2 Å². The average molecular weight is 238 g/mol. The van der Waals surface area contributed by atoms with Crippen LogP contribution in [0, 0.1) is 0 Å². The van der Waals surface area contributed by atoms with E-state index in [2.05, 4.69) is 9.97 Å². The van der Waals surface area contributed by atoms with Gasteiger partial charge in [-0.3, -0.25) is 14.6 Å². The van der Waals surface area contributed by atoms with Crippen molar-refractivity contribution in [2.24, 2.45) is 0 Å². The summed E-state index contributed by atoms with van der Waals surface area (Å²) < 4.78 is 0. The number of carbonyl (C=O) groups is 2. The predicted molar refractivity (Wildman–Crippen MR) is 68.6 cm³/mol. The van der Waals surface area contributed by atoms with E-state index in [0.29, 0.717) is 0 Å². The Morgan fingerprint density at radius 1 is 1.11 bits per heavy atom. The molecule has 0 unspecified atom stereocenters. The molecule has 4 heteroatoms. The quantitative estimate of drug-likeness (QED) is 0.551. The Bertz CT molecular complexity index is 787. The van der Waals surface area contributed by atoms with Gasteiger partial charge in [0.1, 0.15) is 5.69 Å².